The van der Waals surface area contributed by atoms with Crippen LogP contribution in [0.4, 0.5) is 13.2 Å². The van der Waals surface area contributed by atoms with Crippen LogP contribution in [0.5, 0.6) is 0 Å². The fourth-order valence-corrected chi connectivity index (χ4v) is 4.18. The zero-order chi connectivity index (χ0) is 17.6. The molecule has 25 heavy (non-hydrogen) atoms. The molecule has 0 atom stereocenters. The number of rotatable bonds is 6. The summed E-state index contributed by atoms with van der Waals surface area (Å²) in [7, 11) is 0. The van der Waals surface area contributed by atoms with E-state index in [4.69, 9.17) is 11.6 Å². The number of hydrogen-bond acceptors (Lipinski definition) is 6. The van der Waals surface area contributed by atoms with Gasteiger partial charge in [-0.05, 0) is 30.9 Å². The first-order valence-corrected chi connectivity index (χ1v) is 9.31. The minimum absolute atomic E-state index is 0.281. The molecule has 5 nitrogen and oxygen atoms in total. The number of nitrogens with one attached hydrogen (secondary N) is 1. The van der Waals surface area contributed by atoms with Crippen LogP contribution in [0.15, 0.2) is 23.4 Å². The van der Waals surface area contributed by atoms with Crippen molar-refractivity contribution >= 4 is 40.4 Å². The monoisotopic (exact) mass is 405 g/mol. The van der Waals surface area contributed by atoms with Gasteiger partial charge in [0.25, 0.3) is 6.43 Å². The lowest BCUT2D eigenvalue weighted by Gasteiger charge is -2.12. The standard InChI is InChI=1S/C14H11ClF3N5S2/c15-8-3-7(25-22-14(6-16)1-2-14)5-23-9(8)4-19-11(23)13-21-20-12(24-13)10(17)18/h3-5,10,22H,1-2,6H2. The van der Waals surface area contributed by atoms with E-state index < -0.39 is 18.6 Å². The van der Waals surface area contributed by atoms with Gasteiger partial charge in [0.1, 0.15) is 6.67 Å². The highest BCUT2D eigenvalue weighted by atomic mass is 35.5. The summed E-state index contributed by atoms with van der Waals surface area (Å²) in [6.45, 7) is -0.423. The SMILES string of the molecule is FCC1(NSc2cc(Cl)c3cnc(-c4nnc(C(F)F)s4)n3c2)CC1. The fraction of sp³-hybridized carbons (Fsp3) is 0.357. The molecule has 1 aliphatic carbocycles. The van der Waals surface area contributed by atoms with E-state index in [1.165, 1.54) is 11.9 Å². The summed E-state index contributed by atoms with van der Waals surface area (Å²) in [5.41, 5.74) is 0.177. The Morgan fingerprint density at radius 3 is 2.84 bits per heavy atom. The number of hydrogen-bond donors (Lipinski definition) is 1. The highest BCUT2D eigenvalue weighted by Gasteiger charge is 2.42. The zero-order valence-corrected chi connectivity index (χ0v) is 14.9. The molecule has 4 rings (SSSR count). The van der Waals surface area contributed by atoms with Gasteiger partial charge >= 0.3 is 0 Å². The minimum Gasteiger partial charge on any atom is -0.295 e. The van der Waals surface area contributed by atoms with Crippen LogP contribution in [0.1, 0.15) is 24.3 Å². The van der Waals surface area contributed by atoms with Crippen molar-refractivity contribution in [2.24, 2.45) is 0 Å². The number of nitrogens with zero attached hydrogens (tertiary/aromatic N) is 4. The van der Waals surface area contributed by atoms with Crippen LogP contribution in [0, 0.1) is 0 Å². The quantitative estimate of drug-likeness (QED) is 0.610. The highest BCUT2D eigenvalue weighted by molar-refractivity contribution is 7.97. The van der Waals surface area contributed by atoms with Crippen molar-refractivity contribution in [1.29, 1.82) is 0 Å². The Kier molecular flexibility index (Phi) is 4.38. The van der Waals surface area contributed by atoms with Crippen LogP contribution in [0.25, 0.3) is 16.3 Å². The molecular weight excluding hydrogens is 395 g/mol. The first-order chi connectivity index (χ1) is 12.0. The third-order valence-electron chi connectivity index (χ3n) is 3.88. The van der Waals surface area contributed by atoms with Gasteiger partial charge in [-0.1, -0.05) is 22.9 Å². The van der Waals surface area contributed by atoms with Gasteiger partial charge in [-0.2, -0.15) is 0 Å². The summed E-state index contributed by atoms with van der Waals surface area (Å²) in [6.07, 6.45) is 2.23. The van der Waals surface area contributed by atoms with E-state index >= 15 is 0 Å². The van der Waals surface area contributed by atoms with Gasteiger partial charge in [-0.25, -0.2) is 18.2 Å². The number of imidazole rings is 1. The molecule has 132 valence electrons. The molecule has 3 heterocycles. The van der Waals surface area contributed by atoms with Crippen LogP contribution < -0.4 is 4.72 Å². The third kappa shape index (κ3) is 3.23. The molecule has 1 fully saturated rings. The first-order valence-electron chi connectivity index (χ1n) is 7.30. The molecule has 0 amide bonds. The molecule has 1 N–H and O–H groups in total. The summed E-state index contributed by atoms with van der Waals surface area (Å²) >= 11 is 8.36. The smallest absolute Gasteiger partial charge is 0.291 e. The van der Waals surface area contributed by atoms with E-state index in [0.717, 1.165) is 29.1 Å². The van der Waals surface area contributed by atoms with Crippen LogP contribution in [0.3, 0.4) is 0 Å². The number of aromatic nitrogens is 4. The summed E-state index contributed by atoms with van der Waals surface area (Å²) in [4.78, 5) is 4.99. The Bertz CT molecular complexity index is 924. The van der Waals surface area contributed by atoms with Crippen LogP contribution >= 0.6 is 34.9 Å². The maximum Gasteiger partial charge on any atom is 0.291 e. The Hall–Kier alpha value is -1.36. The molecule has 0 spiro atoms. The van der Waals surface area contributed by atoms with Gasteiger partial charge < -0.3 is 0 Å². The Balaban J connectivity index is 1.68. The van der Waals surface area contributed by atoms with Crippen LogP contribution in [-0.4, -0.2) is 31.8 Å². The Morgan fingerprint density at radius 2 is 2.20 bits per heavy atom. The lowest BCUT2D eigenvalue weighted by atomic mass is 10.3. The predicted molar refractivity (Wildman–Crippen MR) is 91.0 cm³/mol. The average Bonchev–Trinajstić information content (AvgIpc) is 3.01. The molecule has 0 saturated heterocycles. The molecule has 3 aromatic heterocycles. The van der Waals surface area contributed by atoms with Crippen molar-refractivity contribution in [2.45, 2.75) is 29.7 Å². The van der Waals surface area contributed by atoms with Gasteiger partial charge in [-0.3, -0.25) is 9.12 Å². The van der Waals surface area contributed by atoms with E-state index in [-0.39, 0.29) is 10.0 Å². The van der Waals surface area contributed by atoms with Crippen LogP contribution in [0.2, 0.25) is 5.02 Å². The van der Waals surface area contributed by atoms with Crippen molar-refractivity contribution in [1.82, 2.24) is 24.3 Å². The van der Waals surface area contributed by atoms with E-state index in [9.17, 15) is 13.2 Å². The predicted octanol–water partition coefficient (Wildman–Crippen LogP) is 4.54. The molecule has 0 radical (unpaired) electrons. The van der Waals surface area contributed by atoms with Gasteiger partial charge in [0, 0.05) is 11.1 Å². The maximum absolute atomic E-state index is 13.0. The molecule has 3 aromatic rings. The summed E-state index contributed by atoms with van der Waals surface area (Å²) < 4.78 is 43.2. The summed E-state index contributed by atoms with van der Waals surface area (Å²) in [5, 5.41) is 7.65. The average molecular weight is 406 g/mol. The zero-order valence-electron chi connectivity index (χ0n) is 12.5. The number of alkyl halides is 3. The second-order valence-corrected chi connectivity index (χ2v) is 8.02. The molecule has 1 saturated carbocycles. The normalized spacial score (nSPS) is 16.0. The first kappa shape index (κ1) is 17.1. The van der Waals surface area contributed by atoms with Gasteiger partial charge in [0.15, 0.2) is 15.8 Å². The lowest BCUT2D eigenvalue weighted by Crippen LogP contribution is -2.27. The number of halogens is 4. The summed E-state index contributed by atoms with van der Waals surface area (Å²) in [5.74, 6) is 0.385. The topological polar surface area (TPSA) is 55.1 Å². The van der Waals surface area contributed by atoms with Crippen molar-refractivity contribution < 1.29 is 13.2 Å². The third-order valence-corrected chi connectivity index (χ3v) is 6.10. The maximum atomic E-state index is 13.0. The number of pyridine rings is 1. The van der Waals surface area contributed by atoms with Crippen LogP contribution in [-0.2, 0) is 0 Å². The second kappa shape index (κ2) is 6.42. The number of fused-ring (bicyclic) bond motifs is 1. The molecular formula is C14H11ClF3N5S2. The van der Waals surface area contributed by atoms with Gasteiger partial charge in [0.05, 0.1) is 22.3 Å². The van der Waals surface area contributed by atoms with E-state index in [2.05, 4.69) is 19.9 Å². The molecule has 0 bridgehead atoms. The molecule has 0 aromatic carbocycles. The fourth-order valence-electron chi connectivity index (χ4n) is 2.24. The molecule has 1 aliphatic rings. The van der Waals surface area contributed by atoms with E-state index in [1.807, 2.05) is 0 Å². The van der Waals surface area contributed by atoms with E-state index in [0.29, 0.717) is 16.4 Å². The summed E-state index contributed by atoms with van der Waals surface area (Å²) in [6, 6.07) is 1.75. The van der Waals surface area contributed by atoms with Gasteiger partial charge in [0.2, 0.25) is 0 Å². The molecule has 0 unspecified atom stereocenters. The van der Waals surface area contributed by atoms with Crippen molar-refractivity contribution in [3.8, 4) is 10.8 Å². The highest BCUT2D eigenvalue weighted by Crippen LogP contribution is 2.39. The Labute approximate surface area is 153 Å². The molecule has 11 heteroatoms. The van der Waals surface area contributed by atoms with Gasteiger partial charge in [-0.15, -0.1) is 10.2 Å². The lowest BCUT2D eigenvalue weighted by molar-refractivity contribution is 0.150. The Morgan fingerprint density at radius 1 is 1.40 bits per heavy atom. The van der Waals surface area contributed by atoms with Crippen molar-refractivity contribution in [3.05, 3.63) is 28.5 Å². The van der Waals surface area contributed by atoms with Crippen molar-refractivity contribution in [2.75, 3.05) is 6.67 Å². The van der Waals surface area contributed by atoms with E-state index in [1.54, 1.807) is 22.9 Å². The molecule has 0 aliphatic heterocycles. The largest absolute Gasteiger partial charge is 0.295 e. The van der Waals surface area contributed by atoms with Crippen molar-refractivity contribution in [3.63, 3.8) is 0 Å². The second-order valence-electron chi connectivity index (χ2n) is 5.73. The minimum atomic E-state index is -2.67.